The number of alkyl halides is 3. The van der Waals surface area contributed by atoms with E-state index in [0.29, 0.717) is 16.5 Å². The second-order valence-electron chi connectivity index (χ2n) is 7.30. The molecule has 1 aromatic carbocycles. The van der Waals surface area contributed by atoms with Gasteiger partial charge in [-0.2, -0.15) is 17.7 Å². The number of halogens is 3. The lowest BCUT2D eigenvalue weighted by Crippen LogP contribution is -2.30. The van der Waals surface area contributed by atoms with Crippen molar-refractivity contribution in [2.75, 3.05) is 5.32 Å². The van der Waals surface area contributed by atoms with Crippen molar-refractivity contribution in [3.8, 4) is 0 Å². The van der Waals surface area contributed by atoms with Crippen LogP contribution in [0.3, 0.4) is 0 Å². The predicted octanol–water partition coefficient (Wildman–Crippen LogP) is 4.87. The van der Waals surface area contributed by atoms with E-state index < -0.39 is 11.7 Å². The van der Waals surface area contributed by atoms with E-state index in [1.165, 1.54) is 21.9 Å². The molecule has 0 spiro atoms. The standard InChI is InChI=1S/C20H21F3N4OS/c1-2-14-11-17(28)27-19(24-14)29-18(26-27)25-16-6-4-3-5-15(16)12-7-9-13(10-8-12)20(21,22)23/h7-11,15-16H,2-6H2,1H3,(H,25,26)/t15-,16+/m1/s1. The number of benzene rings is 1. The number of anilines is 1. The monoisotopic (exact) mass is 422 g/mol. The molecule has 154 valence electrons. The first kappa shape index (κ1) is 19.9. The van der Waals surface area contributed by atoms with Gasteiger partial charge in [-0.1, -0.05) is 43.2 Å². The van der Waals surface area contributed by atoms with Gasteiger partial charge in [-0.15, -0.1) is 5.10 Å². The third kappa shape index (κ3) is 4.14. The van der Waals surface area contributed by atoms with Crippen molar-refractivity contribution < 1.29 is 13.2 Å². The Morgan fingerprint density at radius 1 is 1.21 bits per heavy atom. The van der Waals surface area contributed by atoms with E-state index in [1.54, 1.807) is 12.1 Å². The van der Waals surface area contributed by atoms with Crippen LogP contribution >= 0.6 is 11.3 Å². The Balaban J connectivity index is 1.59. The van der Waals surface area contributed by atoms with Crippen molar-refractivity contribution >= 4 is 21.4 Å². The first-order valence-corrected chi connectivity index (χ1v) is 10.5. The molecule has 4 rings (SSSR count). The molecule has 0 bridgehead atoms. The first-order chi connectivity index (χ1) is 13.8. The van der Waals surface area contributed by atoms with Crippen LogP contribution in [-0.4, -0.2) is 20.6 Å². The minimum absolute atomic E-state index is 0.0439. The largest absolute Gasteiger partial charge is 0.416 e. The molecule has 3 aromatic rings. The van der Waals surface area contributed by atoms with Gasteiger partial charge in [0.05, 0.1) is 5.56 Å². The molecule has 1 fully saturated rings. The average molecular weight is 422 g/mol. The molecule has 1 aliphatic rings. The lowest BCUT2D eigenvalue weighted by molar-refractivity contribution is -0.137. The minimum atomic E-state index is -4.33. The number of nitrogens with zero attached hydrogens (tertiary/aromatic N) is 3. The van der Waals surface area contributed by atoms with Crippen molar-refractivity contribution in [1.82, 2.24) is 14.6 Å². The fourth-order valence-corrected chi connectivity index (χ4v) is 4.76. The topological polar surface area (TPSA) is 59.3 Å². The van der Waals surface area contributed by atoms with Crippen LogP contribution < -0.4 is 10.9 Å². The van der Waals surface area contributed by atoms with Gasteiger partial charge in [0, 0.05) is 23.7 Å². The summed E-state index contributed by atoms with van der Waals surface area (Å²) >= 11 is 1.32. The molecule has 2 heterocycles. The third-order valence-corrected chi connectivity index (χ3v) is 6.24. The molecule has 1 aliphatic carbocycles. The van der Waals surface area contributed by atoms with Gasteiger partial charge >= 0.3 is 6.18 Å². The highest BCUT2D eigenvalue weighted by atomic mass is 32.1. The Labute approximate surface area is 169 Å². The summed E-state index contributed by atoms with van der Waals surface area (Å²) in [6.07, 6.45) is 0.199. The van der Waals surface area contributed by atoms with Crippen molar-refractivity contribution in [3.05, 3.63) is 57.5 Å². The lowest BCUT2D eigenvalue weighted by atomic mass is 9.80. The molecule has 5 nitrogen and oxygen atoms in total. The quantitative estimate of drug-likeness (QED) is 0.652. The Hall–Kier alpha value is -2.42. The molecule has 2 aromatic heterocycles. The molecule has 0 unspecified atom stereocenters. The number of aryl methyl sites for hydroxylation is 1. The summed E-state index contributed by atoms with van der Waals surface area (Å²) in [5, 5.41) is 8.37. The maximum atomic E-state index is 12.9. The number of aromatic nitrogens is 3. The van der Waals surface area contributed by atoms with Crippen molar-refractivity contribution in [2.24, 2.45) is 0 Å². The zero-order valence-electron chi connectivity index (χ0n) is 15.9. The number of hydrogen-bond acceptors (Lipinski definition) is 5. The van der Waals surface area contributed by atoms with Gasteiger partial charge in [-0.25, -0.2) is 4.98 Å². The average Bonchev–Trinajstić information content (AvgIpc) is 3.11. The van der Waals surface area contributed by atoms with Gasteiger partial charge in [-0.05, 0) is 37.0 Å². The highest BCUT2D eigenvalue weighted by molar-refractivity contribution is 7.20. The molecule has 9 heteroatoms. The van der Waals surface area contributed by atoms with Crippen molar-refractivity contribution in [1.29, 1.82) is 0 Å². The summed E-state index contributed by atoms with van der Waals surface area (Å²) in [7, 11) is 0. The molecular weight excluding hydrogens is 401 g/mol. The van der Waals surface area contributed by atoms with Gasteiger partial charge in [0.1, 0.15) is 0 Å². The normalized spacial score (nSPS) is 20.1. The smallest absolute Gasteiger partial charge is 0.357 e. The zero-order valence-corrected chi connectivity index (χ0v) is 16.7. The van der Waals surface area contributed by atoms with Gasteiger partial charge in [-0.3, -0.25) is 4.79 Å². The van der Waals surface area contributed by atoms with Gasteiger partial charge in [0.2, 0.25) is 10.1 Å². The summed E-state index contributed by atoms with van der Waals surface area (Å²) < 4.78 is 39.9. The highest BCUT2D eigenvalue weighted by Gasteiger charge is 2.32. The number of hydrogen-bond donors (Lipinski definition) is 1. The van der Waals surface area contributed by atoms with E-state index in [1.807, 2.05) is 6.92 Å². The molecule has 2 atom stereocenters. The van der Waals surface area contributed by atoms with E-state index >= 15 is 0 Å². The summed E-state index contributed by atoms with van der Waals surface area (Å²) in [6.45, 7) is 1.94. The molecule has 1 saturated carbocycles. The van der Waals surface area contributed by atoms with Crippen LogP contribution in [0.5, 0.6) is 0 Å². The molecule has 0 aliphatic heterocycles. The summed E-state index contributed by atoms with van der Waals surface area (Å²) in [5.74, 6) is 0.0916. The van der Waals surface area contributed by atoms with Gasteiger partial charge in [0.25, 0.3) is 5.56 Å². The Kier molecular flexibility index (Phi) is 5.33. The van der Waals surface area contributed by atoms with Crippen LogP contribution in [0.2, 0.25) is 0 Å². The van der Waals surface area contributed by atoms with Crippen LogP contribution in [0.25, 0.3) is 4.96 Å². The van der Waals surface area contributed by atoms with E-state index in [4.69, 9.17) is 0 Å². The second kappa shape index (κ2) is 7.78. The number of fused-ring (bicyclic) bond motifs is 1. The maximum Gasteiger partial charge on any atom is 0.416 e. The molecular formula is C20H21F3N4OS. The highest BCUT2D eigenvalue weighted by Crippen LogP contribution is 2.37. The first-order valence-electron chi connectivity index (χ1n) is 9.68. The van der Waals surface area contributed by atoms with E-state index in [-0.39, 0.29) is 17.5 Å². The predicted molar refractivity (Wildman–Crippen MR) is 107 cm³/mol. The third-order valence-electron chi connectivity index (χ3n) is 5.40. The summed E-state index contributed by atoms with van der Waals surface area (Å²) in [5.41, 5.74) is 0.773. The lowest BCUT2D eigenvalue weighted by Gasteiger charge is -2.32. The van der Waals surface area contributed by atoms with E-state index in [9.17, 15) is 18.0 Å². The van der Waals surface area contributed by atoms with Crippen LogP contribution in [0, 0.1) is 0 Å². The van der Waals surface area contributed by atoms with E-state index in [2.05, 4.69) is 15.4 Å². The van der Waals surface area contributed by atoms with Crippen LogP contribution in [0.4, 0.5) is 18.3 Å². The van der Waals surface area contributed by atoms with Crippen molar-refractivity contribution in [2.45, 2.75) is 57.2 Å². The molecule has 29 heavy (non-hydrogen) atoms. The molecule has 1 N–H and O–H groups in total. The number of nitrogens with one attached hydrogen (secondary N) is 1. The van der Waals surface area contributed by atoms with Crippen LogP contribution in [-0.2, 0) is 12.6 Å². The molecule has 0 radical (unpaired) electrons. The Bertz CT molecular complexity index is 1060. The summed E-state index contributed by atoms with van der Waals surface area (Å²) in [4.78, 5) is 17.2. The fourth-order valence-electron chi connectivity index (χ4n) is 3.88. The maximum absolute atomic E-state index is 12.9. The Morgan fingerprint density at radius 2 is 1.93 bits per heavy atom. The SMILES string of the molecule is CCc1cc(=O)n2nc(N[C@H]3CCCC[C@@H]3c3ccc(C(F)(F)F)cc3)sc2n1. The Morgan fingerprint density at radius 3 is 2.62 bits per heavy atom. The fraction of sp³-hybridized carbons (Fsp3) is 0.450. The molecule has 0 saturated heterocycles. The van der Waals surface area contributed by atoms with Crippen molar-refractivity contribution in [3.63, 3.8) is 0 Å². The second-order valence-corrected chi connectivity index (χ2v) is 8.26. The zero-order chi connectivity index (χ0) is 20.6. The van der Waals surface area contributed by atoms with Crippen LogP contribution in [0.1, 0.15) is 55.3 Å². The van der Waals surface area contributed by atoms with Gasteiger partial charge < -0.3 is 5.32 Å². The minimum Gasteiger partial charge on any atom is -0.357 e. The number of rotatable bonds is 4. The van der Waals surface area contributed by atoms with Crippen LogP contribution in [0.15, 0.2) is 35.1 Å². The summed E-state index contributed by atoms with van der Waals surface area (Å²) in [6, 6.07) is 6.98. The molecule has 0 amide bonds. The van der Waals surface area contributed by atoms with E-state index in [0.717, 1.165) is 49.1 Å². The van der Waals surface area contributed by atoms with Gasteiger partial charge in [0.15, 0.2) is 0 Å².